The second-order valence-electron chi connectivity index (χ2n) is 4.55. The molecule has 0 saturated carbocycles. The minimum atomic E-state index is 1.27. The van der Waals surface area contributed by atoms with Gasteiger partial charge < -0.3 is 4.40 Å². The lowest BCUT2D eigenvalue weighted by atomic mass is 9.93. The van der Waals surface area contributed by atoms with Crippen molar-refractivity contribution in [2.75, 3.05) is 0 Å². The minimum absolute atomic E-state index is 1.27. The van der Waals surface area contributed by atoms with Crippen LogP contribution in [0.3, 0.4) is 0 Å². The zero-order chi connectivity index (χ0) is 9.83. The first-order valence-electron chi connectivity index (χ1n) is 5.78. The zero-order valence-corrected chi connectivity index (χ0v) is 8.66. The van der Waals surface area contributed by atoms with Gasteiger partial charge >= 0.3 is 0 Å². The Morgan fingerprint density at radius 3 is 2.33 bits per heavy atom. The fraction of sp³-hybridized carbons (Fsp3) is 0.286. The van der Waals surface area contributed by atoms with E-state index in [1.54, 1.807) is 11.1 Å². The van der Waals surface area contributed by atoms with E-state index in [1.807, 2.05) is 0 Å². The predicted octanol–water partition coefficient (Wildman–Crippen LogP) is 3.41. The Labute approximate surface area is 88.7 Å². The molecule has 0 unspecified atom stereocenters. The van der Waals surface area contributed by atoms with E-state index in [1.165, 1.54) is 42.2 Å². The summed E-state index contributed by atoms with van der Waals surface area (Å²) in [5, 5.41) is 0. The largest absolute Gasteiger partial charge is 0.310 e. The van der Waals surface area contributed by atoms with Gasteiger partial charge in [0.2, 0.25) is 0 Å². The maximum absolute atomic E-state index is 2.43. The summed E-state index contributed by atoms with van der Waals surface area (Å²) in [6.45, 7) is 0. The molecule has 3 aromatic heterocycles. The van der Waals surface area contributed by atoms with E-state index in [0.717, 1.165) is 0 Å². The quantitative estimate of drug-likeness (QED) is 0.518. The van der Waals surface area contributed by atoms with Crippen LogP contribution in [-0.4, -0.2) is 4.40 Å². The normalized spacial score (nSPS) is 16.3. The van der Waals surface area contributed by atoms with Crippen LogP contribution in [0.15, 0.2) is 30.3 Å². The third-order valence-corrected chi connectivity index (χ3v) is 3.76. The van der Waals surface area contributed by atoms with Gasteiger partial charge in [-0.3, -0.25) is 0 Å². The minimum Gasteiger partial charge on any atom is -0.310 e. The van der Waals surface area contributed by atoms with Crippen LogP contribution < -0.4 is 0 Å². The Morgan fingerprint density at radius 1 is 0.800 bits per heavy atom. The third-order valence-electron chi connectivity index (χ3n) is 3.76. The Kier molecular flexibility index (Phi) is 1.31. The van der Waals surface area contributed by atoms with Gasteiger partial charge in [0, 0.05) is 16.6 Å². The second kappa shape index (κ2) is 2.54. The maximum Gasteiger partial charge on any atom is 0.0498 e. The molecule has 3 heterocycles. The highest BCUT2D eigenvalue weighted by Gasteiger charge is 2.19. The van der Waals surface area contributed by atoms with E-state index in [2.05, 4.69) is 34.7 Å². The molecule has 4 rings (SSSR count). The molecule has 0 radical (unpaired) electrons. The molecule has 3 aromatic rings. The van der Waals surface area contributed by atoms with Gasteiger partial charge in [-0.25, -0.2) is 0 Å². The van der Waals surface area contributed by atoms with Crippen molar-refractivity contribution in [3.63, 3.8) is 0 Å². The molecule has 15 heavy (non-hydrogen) atoms. The SMILES string of the molecule is c1cc2ccc3c4c(c(c1)n23)CCCC4. The van der Waals surface area contributed by atoms with Crippen LogP contribution in [0, 0.1) is 0 Å². The van der Waals surface area contributed by atoms with Crippen molar-refractivity contribution in [1.82, 2.24) is 4.40 Å². The predicted molar refractivity (Wildman–Crippen MR) is 62.7 cm³/mol. The molecule has 1 aliphatic carbocycles. The van der Waals surface area contributed by atoms with Crippen molar-refractivity contribution in [3.8, 4) is 0 Å². The average molecular weight is 195 g/mol. The third kappa shape index (κ3) is 0.840. The van der Waals surface area contributed by atoms with Crippen molar-refractivity contribution < 1.29 is 0 Å². The molecule has 0 N–H and O–H groups in total. The molecule has 1 aliphatic rings. The number of aromatic nitrogens is 1. The van der Waals surface area contributed by atoms with E-state index in [0.29, 0.717) is 0 Å². The van der Waals surface area contributed by atoms with Gasteiger partial charge in [-0.05, 0) is 61.1 Å². The molecule has 1 nitrogen and oxygen atoms in total. The molecule has 0 spiro atoms. The Balaban J connectivity index is 2.29. The van der Waals surface area contributed by atoms with Gasteiger partial charge in [-0.15, -0.1) is 0 Å². The van der Waals surface area contributed by atoms with Gasteiger partial charge in [-0.2, -0.15) is 0 Å². The fourth-order valence-corrected chi connectivity index (χ4v) is 3.11. The fourth-order valence-electron chi connectivity index (χ4n) is 3.11. The Hall–Kier alpha value is -1.50. The van der Waals surface area contributed by atoms with E-state index in [4.69, 9.17) is 0 Å². The topological polar surface area (TPSA) is 4.41 Å². The highest BCUT2D eigenvalue weighted by Crippen LogP contribution is 2.33. The Morgan fingerprint density at radius 2 is 1.53 bits per heavy atom. The lowest BCUT2D eigenvalue weighted by molar-refractivity contribution is 0.696. The molecular formula is C14H13N. The van der Waals surface area contributed by atoms with Crippen molar-refractivity contribution in [2.45, 2.75) is 25.7 Å². The van der Waals surface area contributed by atoms with Gasteiger partial charge in [0.15, 0.2) is 0 Å². The molecule has 0 saturated heterocycles. The van der Waals surface area contributed by atoms with Crippen LogP contribution in [0.1, 0.15) is 24.0 Å². The second-order valence-corrected chi connectivity index (χ2v) is 4.55. The van der Waals surface area contributed by atoms with Crippen LogP contribution in [0.25, 0.3) is 16.6 Å². The van der Waals surface area contributed by atoms with Crippen LogP contribution in [-0.2, 0) is 12.8 Å². The number of aryl methyl sites for hydroxylation is 2. The summed E-state index contributed by atoms with van der Waals surface area (Å²) in [6.07, 6.45) is 5.27. The zero-order valence-electron chi connectivity index (χ0n) is 8.66. The van der Waals surface area contributed by atoms with Crippen LogP contribution in [0.2, 0.25) is 0 Å². The summed E-state index contributed by atoms with van der Waals surface area (Å²) in [6, 6.07) is 11.2. The molecule has 0 amide bonds. The van der Waals surface area contributed by atoms with Crippen LogP contribution >= 0.6 is 0 Å². The molecule has 0 bridgehead atoms. The number of hydrogen-bond donors (Lipinski definition) is 0. The first-order chi connectivity index (χ1) is 7.45. The summed E-state index contributed by atoms with van der Waals surface area (Å²) >= 11 is 0. The van der Waals surface area contributed by atoms with E-state index < -0.39 is 0 Å². The number of rotatable bonds is 0. The molecule has 1 heteroatoms. The van der Waals surface area contributed by atoms with Crippen LogP contribution in [0.4, 0.5) is 0 Å². The average Bonchev–Trinajstić information content (AvgIpc) is 2.85. The highest BCUT2D eigenvalue weighted by molar-refractivity contribution is 5.82. The first-order valence-corrected chi connectivity index (χ1v) is 5.78. The van der Waals surface area contributed by atoms with Crippen molar-refractivity contribution in [3.05, 3.63) is 41.5 Å². The summed E-state index contributed by atoms with van der Waals surface area (Å²) in [4.78, 5) is 0. The summed E-state index contributed by atoms with van der Waals surface area (Å²) < 4.78 is 2.43. The van der Waals surface area contributed by atoms with Gasteiger partial charge in [-0.1, -0.05) is 6.07 Å². The lowest BCUT2D eigenvalue weighted by Gasteiger charge is -2.10. The molecule has 0 fully saturated rings. The molecule has 74 valence electrons. The van der Waals surface area contributed by atoms with E-state index in [-0.39, 0.29) is 0 Å². The molecule has 0 aromatic carbocycles. The van der Waals surface area contributed by atoms with Crippen molar-refractivity contribution in [1.29, 1.82) is 0 Å². The monoisotopic (exact) mass is 195 g/mol. The van der Waals surface area contributed by atoms with Crippen molar-refractivity contribution in [2.24, 2.45) is 0 Å². The smallest absolute Gasteiger partial charge is 0.0498 e. The number of hydrogen-bond acceptors (Lipinski definition) is 0. The number of pyridine rings is 1. The molecular weight excluding hydrogens is 182 g/mol. The molecule has 0 aliphatic heterocycles. The maximum atomic E-state index is 2.43. The van der Waals surface area contributed by atoms with E-state index in [9.17, 15) is 0 Å². The van der Waals surface area contributed by atoms with Crippen LogP contribution in [0.5, 0.6) is 0 Å². The van der Waals surface area contributed by atoms with Crippen molar-refractivity contribution >= 4 is 16.6 Å². The lowest BCUT2D eigenvalue weighted by Crippen LogP contribution is -1.99. The van der Waals surface area contributed by atoms with E-state index >= 15 is 0 Å². The summed E-state index contributed by atoms with van der Waals surface area (Å²) in [5.74, 6) is 0. The number of nitrogens with zero attached hydrogens (tertiary/aromatic N) is 1. The summed E-state index contributed by atoms with van der Waals surface area (Å²) in [5.41, 5.74) is 7.47. The number of fused-ring (bicyclic) bond motifs is 3. The molecule has 0 atom stereocenters. The standard InChI is InChI=1S/C14H13N/c1-2-6-12-11(5-1)13-7-3-4-10-8-9-14(12)15(10)13/h3-4,7-9H,1-2,5-6H2. The Bertz CT molecular complexity index is 626. The van der Waals surface area contributed by atoms with Gasteiger partial charge in [0.05, 0.1) is 0 Å². The van der Waals surface area contributed by atoms with Gasteiger partial charge in [0.25, 0.3) is 0 Å². The van der Waals surface area contributed by atoms with Gasteiger partial charge in [0.1, 0.15) is 0 Å². The first kappa shape index (κ1) is 7.75. The highest BCUT2D eigenvalue weighted by atomic mass is 14.9. The summed E-state index contributed by atoms with van der Waals surface area (Å²) in [7, 11) is 0.